The third kappa shape index (κ3) is 3.02. The zero-order chi connectivity index (χ0) is 14.0. The Kier molecular flexibility index (Phi) is 4.01. The van der Waals surface area contributed by atoms with E-state index < -0.39 is 5.97 Å². The van der Waals surface area contributed by atoms with Crippen molar-refractivity contribution in [1.29, 1.82) is 0 Å². The third-order valence-corrected chi connectivity index (χ3v) is 4.32. The van der Waals surface area contributed by atoms with Crippen LogP contribution in [-0.4, -0.2) is 17.0 Å². The molecule has 1 heterocycles. The second-order valence-electron chi connectivity index (χ2n) is 3.89. The van der Waals surface area contributed by atoms with Crippen LogP contribution >= 0.6 is 27.3 Å². The zero-order valence-electron chi connectivity index (χ0n) is 9.94. The van der Waals surface area contributed by atoms with Gasteiger partial charge >= 0.3 is 5.97 Å². The Morgan fingerprint density at radius 2 is 2.05 bits per heavy atom. The highest BCUT2D eigenvalue weighted by molar-refractivity contribution is 9.10. The highest BCUT2D eigenvalue weighted by Gasteiger charge is 2.15. The molecule has 4 nitrogen and oxygen atoms in total. The Labute approximate surface area is 122 Å². The summed E-state index contributed by atoms with van der Waals surface area (Å²) in [5.74, 6) is -1.37. The number of anilines is 1. The monoisotopic (exact) mass is 339 g/mol. The Balaban J connectivity index is 2.23. The standard InChI is InChI=1S/C13H10BrNO3S/c1-7-6-8(2-3-9(7)14)12(16)15-10-4-5-19-11(10)13(17)18/h2-6H,1H3,(H,15,16)(H,17,18). The topological polar surface area (TPSA) is 66.4 Å². The number of amides is 1. The van der Waals surface area contributed by atoms with Crippen LogP contribution in [0.3, 0.4) is 0 Å². The molecule has 0 atom stereocenters. The van der Waals surface area contributed by atoms with Crippen molar-refractivity contribution >= 4 is 44.8 Å². The summed E-state index contributed by atoms with van der Waals surface area (Å²) >= 11 is 4.44. The van der Waals surface area contributed by atoms with E-state index in [9.17, 15) is 9.59 Å². The second-order valence-corrected chi connectivity index (χ2v) is 5.66. The maximum atomic E-state index is 12.0. The smallest absolute Gasteiger partial charge is 0.348 e. The average Bonchev–Trinajstić information content (AvgIpc) is 2.80. The van der Waals surface area contributed by atoms with Crippen LogP contribution in [0.2, 0.25) is 0 Å². The molecule has 0 aliphatic rings. The predicted molar refractivity (Wildman–Crippen MR) is 78.1 cm³/mol. The van der Waals surface area contributed by atoms with Crippen LogP contribution in [0.5, 0.6) is 0 Å². The van der Waals surface area contributed by atoms with E-state index in [2.05, 4.69) is 21.2 Å². The Morgan fingerprint density at radius 1 is 1.32 bits per heavy atom. The normalized spacial score (nSPS) is 10.2. The summed E-state index contributed by atoms with van der Waals surface area (Å²) in [6, 6.07) is 6.79. The Hall–Kier alpha value is -1.66. The van der Waals surface area contributed by atoms with E-state index in [-0.39, 0.29) is 10.8 Å². The van der Waals surface area contributed by atoms with Crippen LogP contribution < -0.4 is 5.32 Å². The van der Waals surface area contributed by atoms with Gasteiger partial charge in [0.1, 0.15) is 4.88 Å². The molecule has 0 spiro atoms. The maximum absolute atomic E-state index is 12.0. The van der Waals surface area contributed by atoms with Crippen molar-refractivity contribution in [2.75, 3.05) is 5.32 Å². The summed E-state index contributed by atoms with van der Waals surface area (Å²) in [6.45, 7) is 1.88. The van der Waals surface area contributed by atoms with Crippen molar-refractivity contribution < 1.29 is 14.7 Å². The molecule has 0 aliphatic heterocycles. The van der Waals surface area contributed by atoms with Gasteiger partial charge < -0.3 is 10.4 Å². The summed E-state index contributed by atoms with van der Waals surface area (Å²) in [4.78, 5) is 23.1. The molecule has 0 unspecified atom stereocenters. The molecule has 0 aliphatic carbocycles. The zero-order valence-corrected chi connectivity index (χ0v) is 12.3. The fraction of sp³-hybridized carbons (Fsp3) is 0.0769. The lowest BCUT2D eigenvalue weighted by atomic mass is 10.1. The van der Waals surface area contributed by atoms with E-state index in [4.69, 9.17) is 5.11 Å². The van der Waals surface area contributed by atoms with Gasteiger partial charge in [-0.15, -0.1) is 11.3 Å². The largest absolute Gasteiger partial charge is 0.477 e. The molecule has 0 radical (unpaired) electrons. The molecular formula is C13H10BrNO3S. The van der Waals surface area contributed by atoms with Gasteiger partial charge in [0.05, 0.1) is 5.69 Å². The van der Waals surface area contributed by atoms with Crippen molar-refractivity contribution in [3.8, 4) is 0 Å². The minimum Gasteiger partial charge on any atom is -0.477 e. The van der Waals surface area contributed by atoms with Gasteiger partial charge in [-0.1, -0.05) is 15.9 Å². The van der Waals surface area contributed by atoms with E-state index in [0.717, 1.165) is 21.4 Å². The van der Waals surface area contributed by atoms with E-state index in [0.29, 0.717) is 11.3 Å². The summed E-state index contributed by atoms with van der Waals surface area (Å²) in [5.41, 5.74) is 1.75. The van der Waals surface area contributed by atoms with Gasteiger partial charge in [0.15, 0.2) is 0 Å². The van der Waals surface area contributed by atoms with Crippen LogP contribution in [0.15, 0.2) is 34.1 Å². The number of benzene rings is 1. The number of rotatable bonds is 3. The van der Waals surface area contributed by atoms with Crippen molar-refractivity contribution in [3.05, 3.63) is 50.1 Å². The van der Waals surface area contributed by atoms with Crippen LogP contribution in [0, 0.1) is 6.92 Å². The molecule has 0 fully saturated rings. The first-order valence-corrected chi connectivity index (χ1v) is 7.04. The molecule has 2 N–H and O–H groups in total. The molecule has 6 heteroatoms. The number of carbonyl (C=O) groups is 2. The lowest BCUT2D eigenvalue weighted by Gasteiger charge is -2.06. The number of nitrogens with one attached hydrogen (secondary N) is 1. The first-order valence-electron chi connectivity index (χ1n) is 5.37. The van der Waals surface area contributed by atoms with E-state index in [1.165, 1.54) is 0 Å². The average molecular weight is 340 g/mol. The van der Waals surface area contributed by atoms with Gasteiger partial charge in [-0.2, -0.15) is 0 Å². The summed E-state index contributed by atoms with van der Waals surface area (Å²) in [5, 5.41) is 13.2. The lowest BCUT2D eigenvalue weighted by Crippen LogP contribution is -2.13. The fourth-order valence-corrected chi connectivity index (χ4v) is 2.49. The van der Waals surface area contributed by atoms with Gasteiger partial charge in [0, 0.05) is 10.0 Å². The third-order valence-electron chi connectivity index (χ3n) is 2.53. The van der Waals surface area contributed by atoms with Crippen molar-refractivity contribution in [1.82, 2.24) is 0 Å². The van der Waals surface area contributed by atoms with Crippen LogP contribution in [-0.2, 0) is 0 Å². The number of thiophene rings is 1. The van der Waals surface area contributed by atoms with Crippen molar-refractivity contribution in [2.24, 2.45) is 0 Å². The number of carboxylic acid groups (broad SMARTS) is 1. The predicted octanol–water partition coefficient (Wildman–Crippen LogP) is 3.77. The first kappa shape index (κ1) is 13.8. The number of aryl methyl sites for hydroxylation is 1. The van der Waals surface area contributed by atoms with Gasteiger partial charge in [0.25, 0.3) is 5.91 Å². The van der Waals surface area contributed by atoms with Gasteiger partial charge in [0.2, 0.25) is 0 Å². The number of aromatic carboxylic acids is 1. The highest BCUT2D eigenvalue weighted by Crippen LogP contribution is 2.23. The molecule has 19 heavy (non-hydrogen) atoms. The molecule has 2 rings (SSSR count). The SMILES string of the molecule is Cc1cc(C(=O)Nc2ccsc2C(=O)O)ccc1Br. The second kappa shape index (κ2) is 5.54. The molecule has 1 aromatic carbocycles. The number of hydrogen-bond acceptors (Lipinski definition) is 3. The number of carbonyl (C=O) groups excluding carboxylic acids is 1. The van der Waals surface area contributed by atoms with Gasteiger partial charge in [-0.3, -0.25) is 4.79 Å². The van der Waals surface area contributed by atoms with Crippen molar-refractivity contribution in [3.63, 3.8) is 0 Å². The summed E-state index contributed by atoms with van der Waals surface area (Å²) in [6.07, 6.45) is 0. The first-order chi connectivity index (χ1) is 8.99. The van der Waals surface area contributed by atoms with Crippen LogP contribution in [0.25, 0.3) is 0 Å². The Bertz CT molecular complexity index is 651. The quantitative estimate of drug-likeness (QED) is 0.894. The highest BCUT2D eigenvalue weighted by atomic mass is 79.9. The molecule has 0 bridgehead atoms. The van der Waals surface area contributed by atoms with E-state index in [1.54, 1.807) is 29.6 Å². The minimum atomic E-state index is -1.04. The maximum Gasteiger partial charge on any atom is 0.348 e. The van der Waals surface area contributed by atoms with E-state index in [1.807, 2.05) is 6.92 Å². The number of carboxylic acids is 1. The molecular weight excluding hydrogens is 330 g/mol. The summed E-state index contributed by atoms with van der Waals surface area (Å²) in [7, 11) is 0. The molecule has 0 saturated carbocycles. The molecule has 2 aromatic rings. The fourth-order valence-electron chi connectivity index (χ4n) is 1.55. The minimum absolute atomic E-state index is 0.127. The lowest BCUT2D eigenvalue weighted by molar-refractivity contribution is 0.0703. The van der Waals surface area contributed by atoms with E-state index >= 15 is 0 Å². The van der Waals surface area contributed by atoms with Crippen molar-refractivity contribution in [2.45, 2.75) is 6.92 Å². The summed E-state index contributed by atoms with van der Waals surface area (Å²) < 4.78 is 0.922. The van der Waals surface area contributed by atoms with Gasteiger partial charge in [-0.05, 0) is 42.1 Å². The van der Waals surface area contributed by atoms with Gasteiger partial charge in [-0.25, -0.2) is 4.79 Å². The molecule has 0 saturated heterocycles. The van der Waals surface area contributed by atoms with Crippen LogP contribution in [0.1, 0.15) is 25.6 Å². The van der Waals surface area contributed by atoms with Crippen LogP contribution in [0.4, 0.5) is 5.69 Å². The number of hydrogen-bond donors (Lipinski definition) is 2. The molecule has 98 valence electrons. The Morgan fingerprint density at radius 3 is 2.68 bits per heavy atom. The molecule has 1 aromatic heterocycles. The molecule has 1 amide bonds. The number of halogens is 1.